The Balaban J connectivity index is 1.84. The van der Waals surface area contributed by atoms with Crippen molar-refractivity contribution in [1.29, 1.82) is 5.26 Å². The van der Waals surface area contributed by atoms with Gasteiger partial charge in [0.05, 0.1) is 17.7 Å². The van der Waals surface area contributed by atoms with Crippen LogP contribution in [0.25, 0.3) is 0 Å². The molecule has 0 spiro atoms. The van der Waals surface area contributed by atoms with E-state index in [4.69, 9.17) is 5.26 Å². The SMILES string of the molecule is CN(CCC(O)c1ccccc1)Cc1cccc(C#N)c1. The van der Waals surface area contributed by atoms with Crippen LogP contribution in [-0.4, -0.2) is 23.6 Å². The lowest BCUT2D eigenvalue weighted by atomic mass is 10.1. The highest BCUT2D eigenvalue weighted by molar-refractivity contribution is 5.32. The summed E-state index contributed by atoms with van der Waals surface area (Å²) >= 11 is 0. The Morgan fingerprint density at radius 2 is 1.90 bits per heavy atom. The molecule has 3 nitrogen and oxygen atoms in total. The van der Waals surface area contributed by atoms with Crippen molar-refractivity contribution in [3.63, 3.8) is 0 Å². The summed E-state index contributed by atoms with van der Waals surface area (Å²) in [5, 5.41) is 19.0. The average molecular weight is 280 g/mol. The summed E-state index contributed by atoms with van der Waals surface area (Å²) in [7, 11) is 2.02. The van der Waals surface area contributed by atoms with Crippen molar-refractivity contribution in [3.05, 3.63) is 71.3 Å². The summed E-state index contributed by atoms with van der Waals surface area (Å²) in [5.74, 6) is 0. The molecule has 2 aromatic rings. The van der Waals surface area contributed by atoms with Gasteiger partial charge in [-0.05, 0) is 36.7 Å². The topological polar surface area (TPSA) is 47.3 Å². The van der Waals surface area contributed by atoms with E-state index in [2.05, 4.69) is 11.0 Å². The number of rotatable bonds is 6. The maximum atomic E-state index is 10.1. The maximum absolute atomic E-state index is 10.1. The number of hydrogen-bond acceptors (Lipinski definition) is 3. The van der Waals surface area contributed by atoms with Crippen LogP contribution in [0.15, 0.2) is 54.6 Å². The fraction of sp³-hybridized carbons (Fsp3) is 0.278. The second kappa shape index (κ2) is 7.58. The van der Waals surface area contributed by atoms with Gasteiger partial charge < -0.3 is 10.0 Å². The predicted molar refractivity (Wildman–Crippen MR) is 83.5 cm³/mol. The van der Waals surface area contributed by atoms with Gasteiger partial charge in [-0.15, -0.1) is 0 Å². The van der Waals surface area contributed by atoms with Gasteiger partial charge in [-0.1, -0.05) is 42.5 Å². The molecule has 2 aromatic carbocycles. The summed E-state index contributed by atoms with van der Waals surface area (Å²) in [6.45, 7) is 1.57. The molecule has 1 atom stereocenters. The van der Waals surface area contributed by atoms with E-state index < -0.39 is 6.10 Å². The Labute approximate surface area is 126 Å². The molecule has 0 aliphatic heterocycles. The molecule has 0 amide bonds. The lowest BCUT2D eigenvalue weighted by Gasteiger charge is -2.19. The number of aliphatic hydroxyl groups is 1. The molecule has 1 unspecified atom stereocenters. The quantitative estimate of drug-likeness (QED) is 0.884. The molecule has 0 bridgehead atoms. The number of hydrogen-bond donors (Lipinski definition) is 1. The van der Waals surface area contributed by atoms with E-state index in [0.717, 1.165) is 24.2 Å². The van der Waals surface area contributed by atoms with Gasteiger partial charge >= 0.3 is 0 Å². The van der Waals surface area contributed by atoms with E-state index in [-0.39, 0.29) is 0 Å². The van der Waals surface area contributed by atoms with E-state index in [1.165, 1.54) is 0 Å². The van der Waals surface area contributed by atoms with E-state index in [1.54, 1.807) is 0 Å². The largest absolute Gasteiger partial charge is 0.388 e. The molecule has 21 heavy (non-hydrogen) atoms. The highest BCUT2D eigenvalue weighted by Crippen LogP contribution is 2.16. The molecule has 0 fully saturated rings. The van der Waals surface area contributed by atoms with Crippen molar-refractivity contribution < 1.29 is 5.11 Å². The number of benzene rings is 2. The van der Waals surface area contributed by atoms with Gasteiger partial charge in [-0.2, -0.15) is 5.26 Å². The van der Waals surface area contributed by atoms with E-state index >= 15 is 0 Å². The van der Waals surface area contributed by atoms with Crippen molar-refractivity contribution in [2.45, 2.75) is 19.1 Å². The standard InChI is InChI=1S/C18H20N2O/c1-20(14-16-7-5-6-15(12-16)13-19)11-10-18(21)17-8-3-2-4-9-17/h2-9,12,18,21H,10-11,14H2,1H3. The van der Waals surface area contributed by atoms with Crippen molar-refractivity contribution in [1.82, 2.24) is 4.90 Å². The summed E-state index contributed by atoms with van der Waals surface area (Å²) in [4.78, 5) is 2.16. The molecule has 0 aliphatic rings. The van der Waals surface area contributed by atoms with Crippen LogP contribution in [0.1, 0.15) is 29.2 Å². The summed E-state index contributed by atoms with van der Waals surface area (Å²) in [6, 6.07) is 19.5. The lowest BCUT2D eigenvalue weighted by molar-refractivity contribution is 0.147. The average Bonchev–Trinajstić information content (AvgIpc) is 2.53. The first kappa shape index (κ1) is 15.2. The molecule has 1 N–H and O–H groups in total. The summed E-state index contributed by atoms with van der Waals surface area (Å²) in [5.41, 5.74) is 2.76. The second-order valence-electron chi connectivity index (χ2n) is 5.27. The summed E-state index contributed by atoms with van der Waals surface area (Å²) < 4.78 is 0. The third kappa shape index (κ3) is 4.71. The fourth-order valence-electron chi connectivity index (χ4n) is 2.31. The minimum atomic E-state index is -0.431. The Morgan fingerprint density at radius 3 is 2.62 bits per heavy atom. The van der Waals surface area contributed by atoms with Gasteiger partial charge in [-0.25, -0.2) is 0 Å². The Hall–Kier alpha value is -2.15. The van der Waals surface area contributed by atoms with E-state index in [1.807, 2.05) is 61.6 Å². The van der Waals surface area contributed by atoms with Crippen LogP contribution in [-0.2, 0) is 6.54 Å². The second-order valence-corrected chi connectivity index (χ2v) is 5.27. The number of nitriles is 1. The zero-order chi connectivity index (χ0) is 15.1. The van der Waals surface area contributed by atoms with Gasteiger partial charge in [0.25, 0.3) is 0 Å². The molecular formula is C18H20N2O. The lowest BCUT2D eigenvalue weighted by Crippen LogP contribution is -2.21. The highest BCUT2D eigenvalue weighted by Gasteiger charge is 2.09. The Bertz CT molecular complexity index is 604. The van der Waals surface area contributed by atoms with Gasteiger partial charge in [-0.3, -0.25) is 0 Å². The molecule has 0 radical (unpaired) electrons. The van der Waals surface area contributed by atoms with E-state index in [0.29, 0.717) is 12.0 Å². The van der Waals surface area contributed by atoms with Crippen LogP contribution in [0.3, 0.4) is 0 Å². The first-order chi connectivity index (χ1) is 10.2. The third-order valence-electron chi connectivity index (χ3n) is 3.48. The van der Waals surface area contributed by atoms with Crippen LogP contribution in [0, 0.1) is 11.3 Å². The minimum absolute atomic E-state index is 0.431. The maximum Gasteiger partial charge on any atom is 0.0991 e. The minimum Gasteiger partial charge on any atom is -0.388 e. The zero-order valence-corrected chi connectivity index (χ0v) is 12.2. The van der Waals surface area contributed by atoms with Gasteiger partial charge in [0.2, 0.25) is 0 Å². The Morgan fingerprint density at radius 1 is 1.14 bits per heavy atom. The Kier molecular flexibility index (Phi) is 5.51. The first-order valence-electron chi connectivity index (χ1n) is 7.09. The van der Waals surface area contributed by atoms with Crippen molar-refractivity contribution in [3.8, 4) is 6.07 Å². The van der Waals surface area contributed by atoms with Crippen LogP contribution < -0.4 is 0 Å². The first-order valence-corrected chi connectivity index (χ1v) is 7.09. The zero-order valence-electron chi connectivity index (χ0n) is 12.2. The van der Waals surface area contributed by atoms with Crippen LogP contribution in [0.2, 0.25) is 0 Å². The van der Waals surface area contributed by atoms with Crippen molar-refractivity contribution in [2.75, 3.05) is 13.6 Å². The molecule has 0 aromatic heterocycles. The molecule has 3 heteroatoms. The molecule has 0 heterocycles. The normalized spacial score (nSPS) is 12.1. The molecule has 0 saturated heterocycles. The van der Waals surface area contributed by atoms with E-state index in [9.17, 15) is 5.11 Å². The smallest absolute Gasteiger partial charge is 0.0991 e. The van der Waals surface area contributed by atoms with Crippen LogP contribution in [0.5, 0.6) is 0 Å². The predicted octanol–water partition coefficient (Wildman–Crippen LogP) is 3.11. The third-order valence-corrected chi connectivity index (χ3v) is 3.48. The molecular weight excluding hydrogens is 260 g/mol. The monoisotopic (exact) mass is 280 g/mol. The van der Waals surface area contributed by atoms with Crippen LogP contribution >= 0.6 is 0 Å². The van der Waals surface area contributed by atoms with Gasteiger partial charge in [0.15, 0.2) is 0 Å². The fourth-order valence-corrected chi connectivity index (χ4v) is 2.31. The van der Waals surface area contributed by atoms with Crippen LogP contribution in [0.4, 0.5) is 0 Å². The number of nitrogens with zero attached hydrogens (tertiary/aromatic N) is 2. The van der Waals surface area contributed by atoms with Gasteiger partial charge in [0, 0.05) is 13.1 Å². The molecule has 0 saturated carbocycles. The van der Waals surface area contributed by atoms with Crippen molar-refractivity contribution >= 4 is 0 Å². The molecule has 108 valence electrons. The van der Waals surface area contributed by atoms with Gasteiger partial charge in [0.1, 0.15) is 0 Å². The van der Waals surface area contributed by atoms with Crippen molar-refractivity contribution in [2.24, 2.45) is 0 Å². The summed E-state index contributed by atoms with van der Waals surface area (Å²) in [6.07, 6.45) is 0.262. The molecule has 2 rings (SSSR count). The molecule has 0 aliphatic carbocycles. The number of aliphatic hydroxyl groups excluding tert-OH is 1. The highest BCUT2D eigenvalue weighted by atomic mass is 16.3.